The Morgan fingerprint density at radius 2 is 1.76 bits per heavy atom. The molecule has 0 saturated heterocycles. The van der Waals surface area contributed by atoms with Gasteiger partial charge in [0.15, 0.2) is 11.3 Å². The molecule has 0 unspecified atom stereocenters. The van der Waals surface area contributed by atoms with E-state index in [0.29, 0.717) is 11.7 Å². The number of imidazole rings is 1. The van der Waals surface area contributed by atoms with Crippen molar-refractivity contribution in [3.05, 3.63) is 79.1 Å². The fourth-order valence-corrected chi connectivity index (χ4v) is 5.39. The largest absolute Gasteiger partial charge is 0.393 e. The standard InChI is InChI=1S/C29H26N8O/c1-18-24(19-15-33-36(17-19)20-5-7-21(38)8-6-20)14-28-32-16-27(37(28)35-18)22-11-13-31-29-23(22)9-10-26(34-29)25-4-2-3-12-30-25/h2-4,9-17,20-21,38H,5-8H2,1H3/t20-,21-. The first kappa shape index (κ1) is 22.7. The van der Waals surface area contributed by atoms with E-state index >= 15 is 0 Å². The summed E-state index contributed by atoms with van der Waals surface area (Å²) in [6.07, 6.45) is 12.7. The van der Waals surface area contributed by atoms with Gasteiger partial charge < -0.3 is 5.11 Å². The Bertz CT molecular complexity index is 1770. The van der Waals surface area contributed by atoms with Gasteiger partial charge in [0, 0.05) is 40.7 Å². The van der Waals surface area contributed by atoms with Gasteiger partial charge in [0.2, 0.25) is 0 Å². The molecule has 9 nitrogen and oxygen atoms in total. The van der Waals surface area contributed by atoms with E-state index in [4.69, 9.17) is 15.1 Å². The van der Waals surface area contributed by atoms with Crippen LogP contribution in [0.3, 0.4) is 0 Å². The number of aliphatic hydroxyl groups excluding tert-OH is 1. The Hall–Kier alpha value is -4.50. The molecule has 0 spiro atoms. The van der Waals surface area contributed by atoms with E-state index in [-0.39, 0.29) is 6.10 Å². The van der Waals surface area contributed by atoms with Crippen molar-refractivity contribution in [3.8, 4) is 33.8 Å². The summed E-state index contributed by atoms with van der Waals surface area (Å²) in [5.74, 6) is 0. The number of nitrogens with zero attached hydrogens (tertiary/aromatic N) is 8. The van der Waals surface area contributed by atoms with E-state index in [1.807, 2.05) is 64.9 Å². The number of aromatic nitrogens is 8. The molecule has 6 aromatic rings. The van der Waals surface area contributed by atoms with Gasteiger partial charge >= 0.3 is 0 Å². The normalized spacial score (nSPS) is 17.8. The van der Waals surface area contributed by atoms with Gasteiger partial charge in [-0.2, -0.15) is 10.2 Å². The summed E-state index contributed by atoms with van der Waals surface area (Å²) >= 11 is 0. The number of fused-ring (bicyclic) bond motifs is 2. The van der Waals surface area contributed by atoms with E-state index < -0.39 is 0 Å². The Morgan fingerprint density at radius 1 is 0.868 bits per heavy atom. The van der Waals surface area contributed by atoms with Crippen molar-refractivity contribution < 1.29 is 5.11 Å². The highest BCUT2D eigenvalue weighted by Crippen LogP contribution is 2.32. The average Bonchev–Trinajstić information content (AvgIpc) is 3.60. The van der Waals surface area contributed by atoms with E-state index in [9.17, 15) is 5.11 Å². The lowest BCUT2D eigenvalue weighted by atomic mass is 9.93. The predicted octanol–water partition coefficient (Wildman–Crippen LogP) is 5.05. The summed E-state index contributed by atoms with van der Waals surface area (Å²) < 4.78 is 3.92. The van der Waals surface area contributed by atoms with Gasteiger partial charge in [0.1, 0.15) is 0 Å². The van der Waals surface area contributed by atoms with Gasteiger partial charge in [-0.3, -0.25) is 9.67 Å². The number of rotatable bonds is 4. The molecule has 1 saturated carbocycles. The Balaban J connectivity index is 1.25. The molecule has 0 radical (unpaired) electrons. The topological polar surface area (TPSA) is 107 Å². The number of hydrogen-bond acceptors (Lipinski definition) is 7. The number of aliphatic hydroxyl groups is 1. The molecule has 0 bridgehead atoms. The first-order valence-electron chi connectivity index (χ1n) is 12.9. The molecular formula is C29H26N8O. The molecule has 1 fully saturated rings. The third-order valence-electron chi connectivity index (χ3n) is 7.44. The van der Waals surface area contributed by atoms with Crippen molar-refractivity contribution in [2.75, 3.05) is 0 Å². The maximum absolute atomic E-state index is 9.84. The van der Waals surface area contributed by atoms with E-state index in [1.54, 1.807) is 12.4 Å². The van der Waals surface area contributed by atoms with Gasteiger partial charge in [-0.05, 0) is 69.0 Å². The molecule has 1 aliphatic rings. The van der Waals surface area contributed by atoms with Crippen LogP contribution in [0.5, 0.6) is 0 Å². The predicted molar refractivity (Wildman–Crippen MR) is 144 cm³/mol. The highest BCUT2D eigenvalue weighted by molar-refractivity contribution is 5.93. The molecule has 7 rings (SSSR count). The molecular weight excluding hydrogens is 476 g/mol. The maximum atomic E-state index is 9.84. The van der Waals surface area contributed by atoms with E-state index in [0.717, 1.165) is 76.2 Å². The number of aryl methyl sites for hydroxylation is 1. The van der Waals surface area contributed by atoms with E-state index in [1.165, 1.54) is 0 Å². The van der Waals surface area contributed by atoms with E-state index in [2.05, 4.69) is 27.3 Å². The van der Waals surface area contributed by atoms with Crippen LogP contribution in [-0.2, 0) is 0 Å². The van der Waals surface area contributed by atoms with Crippen LogP contribution in [0, 0.1) is 6.92 Å². The second kappa shape index (κ2) is 9.11. The monoisotopic (exact) mass is 502 g/mol. The zero-order chi connectivity index (χ0) is 25.6. The summed E-state index contributed by atoms with van der Waals surface area (Å²) in [4.78, 5) is 18.4. The summed E-state index contributed by atoms with van der Waals surface area (Å²) in [7, 11) is 0. The quantitative estimate of drug-likeness (QED) is 0.359. The van der Waals surface area contributed by atoms with Gasteiger partial charge in [0.05, 0.1) is 47.3 Å². The highest BCUT2D eigenvalue weighted by atomic mass is 16.3. The molecule has 1 N–H and O–H groups in total. The fraction of sp³-hybridized carbons (Fsp3) is 0.241. The molecule has 38 heavy (non-hydrogen) atoms. The van der Waals surface area contributed by atoms with Crippen LogP contribution in [0.15, 0.2) is 73.4 Å². The van der Waals surface area contributed by atoms with Crippen molar-refractivity contribution in [2.24, 2.45) is 0 Å². The first-order chi connectivity index (χ1) is 18.6. The molecule has 6 aromatic heterocycles. The SMILES string of the molecule is Cc1nn2c(-c3ccnc4nc(-c5ccccn5)ccc34)cnc2cc1-c1cnn([C@H]2CC[C@H](O)CC2)c1. The first-order valence-corrected chi connectivity index (χ1v) is 12.9. The second-order valence-electron chi connectivity index (χ2n) is 9.87. The summed E-state index contributed by atoms with van der Waals surface area (Å²) in [6.45, 7) is 2.01. The zero-order valence-electron chi connectivity index (χ0n) is 20.9. The average molecular weight is 503 g/mol. The minimum atomic E-state index is -0.180. The molecule has 0 aliphatic heterocycles. The molecule has 188 valence electrons. The minimum Gasteiger partial charge on any atom is -0.393 e. The van der Waals surface area contributed by atoms with Crippen LogP contribution in [-0.4, -0.2) is 50.5 Å². The third kappa shape index (κ3) is 3.92. The molecule has 0 aromatic carbocycles. The Morgan fingerprint density at radius 3 is 2.61 bits per heavy atom. The van der Waals surface area contributed by atoms with Crippen LogP contribution in [0.25, 0.3) is 50.5 Å². The van der Waals surface area contributed by atoms with Crippen LogP contribution in [0.4, 0.5) is 0 Å². The Labute approximate surface area is 218 Å². The molecule has 0 amide bonds. The van der Waals surface area contributed by atoms with Crippen LogP contribution >= 0.6 is 0 Å². The van der Waals surface area contributed by atoms with Crippen molar-refractivity contribution in [2.45, 2.75) is 44.8 Å². The van der Waals surface area contributed by atoms with Gasteiger partial charge in [-0.15, -0.1) is 0 Å². The Kier molecular flexibility index (Phi) is 5.44. The van der Waals surface area contributed by atoms with Gasteiger partial charge in [0.25, 0.3) is 0 Å². The van der Waals surface area contributed by atoms with Crippen LogP contribution in [0.1, 0.15) is 37.4 Å². The highest BCUT2D eigenvalue weighted by Gasteiger charge is 2.22. The van der Waals surface area contributed by atoms with Gasteiger partial charge in [-0.1, -0.05) is 6.07 Å². The lowest BCUT2D eigenvalue weighted by Crippen LogP contribution is -2.21. The minimum absolute atomic E-state index is 0.180. The zero-order valence-corrected chi connectivity index (χ0v) is 20.9. The van der Waals surface area contributed by atoms with Crippen LogP contribution in [0.2, 0.25) is 0 Å². The maximum Gasteiger partial charge on any atom is 0.160 e. The fourth-order valence-electron chi connectivity index (χ4n) is 5.39. The lowest BCUT2D eigenvalue weighted by Gasteiger charge is -2.25. The van der Waals surface area contributed by atoms with Crippen molar-refractivity contribution >= 4 is 16.7 Å². The third-order valence-corrected chi connectivity index (χ3v) is 7.44. The van der Waals surface area contributed by atoms with Gasteiger partial charge in [-0.25, -0.2) is 19.5 Å². The molecule has 9 heteroatoms. The summed E-state index contributed by atoms with van der Waals surface area (Å²) in [6, 6.07) is 14.2. The lowest BCUT2D eigenvalue weighted by molar-refractivity contribution is 0.108. The van der Waals surface area contributed by atoms with Crippen molar-refractivity contribution in [3.63, 3.8) is 0 Å². The number of pyridine rings is 3. The van der Waals surface area contributed by atoms with Crippen LogP contribution < -0.4 is 0 Å². The molecule has 0 atom stereocenters. The summed E-state index contributed by atoms with van der Waals surface area (Å²) in [5, 5.41) is 20.3. The smallest absolute Gasteiger partial charge is 0.160 e. The number of hydrogen-bond donors (Lipinski definition) is 1. The molecule has 6 heterocycles. The summed E-state index contributed by atoms with van der Waals surface area (Å²) in [5.41, 5.74) is 7.78. The second-order valence-corrected chi connectivity index (χ2v) is 9.87. The van der Waals surface area contributed by atoms with Crippen molar-refractivity contribution in [1.82, 2.24) is 39.3 Å². The van der Waals surface area contributed by atoms with Crippen molar-refractivity contribution in [1.29, 1.82) is 0 Å². The molecule has 1 aliphatic carbocycles.